The highest BCUT2D eigenvalue weighted by Gasteiger charge is 2.12. The fraction of sp³-hybridized carbons (Fsp3) is 0.364. The fourth-order valence-corrected chi connectivity index (χ4v) is 1.41. The maximum absolute atomic E-state index is 13.2. The van der Waals surface area contributed by atoms with Crippen LogP contribution in [0.1, 0.15) is 21.5 Å². The summed E-state index contributed by atoms with van der Waals surface area (Å²) in [7, 11) is 1.82. The van der Waals surface area contributed by atoms with Gasteiger partial charge in [-0.2, -0.15) is 0 Å². The highest BCUT2D eigenvalue weighted by atomic mass is 19.1. The number of hydrogen-bond donors (Lipinski definition) is 2. The Morgan fingerprint density at radius 2 is 2.20 bits per heavy atom. The van der Waals surface area contributed by atoms with Crippen molar-refractivity contribution in [1.29, 1.82) is 0 Å². The van der Waals surface area contributed by atoms with Gasteiger partial charge >= 0.3 is 5.97 Å². The van der Waals surface area contributed by atoms with E-state index in [0.717, 1.165) is 17.7 Å². The van der Waals surface area contributed by atoms with E-state index in [1.165, 1.54) is 12.1 Å². The van der Waals surface area contributed by atoms with Crippen LogP contribution >= 0.6 is 0 Å². The minimum Gasteiger partial charge on any atom is -0.478 e. The smallest absolute Gasteiger partial charge is 0.338 e. The van der Waals surface area contributed by atoms with Crippen molar-refractivity contribution < 1.29 is 14.3 Å². The first kappa shape index (κ1) is 11.7. The van der Waals surface area contributed by atoms with Gasteiger partial charge in [-0.25, -0.2) is 9.18 Å². The average molecular weight is 211 g/mol. The van der Waals surface area contributed by atoms with E-state index in [4.69, 9.17) is 5.11 Å². The van der Waals surface area contributed by atoms with Crippen molar-refractivity contribution in [3.63, 3.8) is 0 Å². The topological polar surface area (TPSA) is 49.3 Å². The second-order valence-corrected chi connectivity index (χ2v) is 3.42. The van der Waals surface area contributed by atoms with Crippen LogP contribution in [0.4, 0.5) is 4.39 Å². The van der Waals surface area contributed by atoms with Crippen LogP contribution in [0.5, 0.6) is 0 Å². The molecule has 0 unspecified atom stereocenters. The van der Waals surface area contributed by atoms with Crippen LogP contribution in [0.15, 0.2) is 12.1 Å². The Kier molecular flexibility index (Phi) is 3.80. The van der Waals surface area contributed by atoms with Gasteiger partial charge in [0.05, 0.1) is 5.56 Å². The lowest BCUT2D eigenvalue weighted by Gasteiger charge is -2.07. The molecule has 1 aromatic carbocycles. The lowest BCUT2D eigenvalue weighted by Crippen LogP contribution is -2.12. The molecule has 0 aliphatic heterocycles. The first-order valence-electron chi connectivity index (χ1n) is 4.73. The van der Waals surface area contributed by atoms with Gasteiger partial charge in [-0.05, 0) is 50.2 Å². The molecule has 4 heteroatoms. The van der Waals surface area contributed by atoms with E-state index in [9.17, 15) is 9.18 Å². The maximum Gasteiger partial charge on any atom is 0.338 e. The molecular formula is C11H14FNO2. The molecule has 0 saturated carbocycles. The number of likely N-dealkylation sites (N-methyl/N-ethyl adjacent to an activating group) is 1. The van der Waals surface area contributed by atoms with Crippen LogP contribution in [0, 0.1) is 12.7 Å². The number of carboxylic acid groups (broad SMARTS) is 1. The van der Waals surface area contributed by atoms with Gasteiger partial charge in [0, 0.05) is 0 Å². The van der Waals surface area contributed by atoms with Crippen LogP contribution in [0.3, 0.4) is 0 Å². The van der Waals surface area contributed by atoms with Crippen molar-refractivity contribution in [1.82, 2.24) is 5.32 Å². The molecule has 1 rings (SSSR count). The van der Waals surface area contributed by atoms with Gasteiger partial charge < -0.3 is 10.4 Å². The number of nitrogens with one attached hydrogen (secondary N) is 1. The van der Waals surface area contributed by atoms with Gasteiger partial charge in [-0.15, -0.1) is 0 Å². The molecule has 3 nitrogen and oxygen atoms in total. The highest BCUT2D eigenvalue weighted by molar-refractivity contribution is 5.88. The second-order valence-electron chi connectivity index (χ2n) is 3.42. The number of carbonyl (C=O) groups is 1. The Hall–Kier alpha value is -1.42. The quantitative estimate of drug-likeness (QED) is 0.795. The predicted octanol–water partition coefficient (Wildman–Crippen LogP) is 1.59. The third-order valence-electron chi connectivity index (χ3n) is 2.30. The zero-order valence-corrected chi connectivity index (χ0v) is 8.80. The van der Waals surface area contributed by atoms with E-state index >= 15 is 0 Å². The van der Waals surface area contributed by atoms with Crippen LogP contribution in [-0.2, 0) is 6.42 Å². The number of aromatic carboxylic acids is 1. The summed E-state index contributed by atoms with van der Waals surface area (Å²) >= 11 is 0. The zero-order valence-electron chi connectivity index (χ0n) is 8.80. The molecule has 0 aliphatic rings. The standard InChI is InChI=1S/C11H14FNO2/c1-7-5-10(12)9(11(14)15)6-8(7)3-4-13-2/h5-6,13H,3-4H2,1-2H3,(H,14,15). The molecule has 0 aromatic heterocycles. The van der Waals surface area contributed by atoms with Crippen molar-refractivity contribution in [3.8, 4) is 0 Å². The Morgan fingerprint density at radius 1 is 1.53 bits per heavy atom. The van der Waals surface area contributed by atoms with Gasteiger partial charge in [-0.1, -0.05) is 0 Å². The Labute approximate surface area is 87.9 Å². The van der Waals surface area contributed by atoms with Crippen LogP contribution in [-0.4, -0.2) is 24.7 Å². The van der Waals surface area contributed by atoms with Crippen LogP contribution in [0.2, 0.25) is 0 Å². The maximum atomic E-state index is 13.2. The van der Waals surface area contributed by atoms with Crippen molar-refractivity contribution in [2.45, 2.75) is 13.3 Å². The molecule has 82 valence electrons. The summed E-state index contributed by atoms with van der Waals surface area (Å²) in [5, 5.41) is 11.7. The second kappa shape index (κ2) is 4.89. The van der Waals surface area contributed by atoms with Crippen LogP contribution in [0.25, 0.3) is 0 Å². The predicted molar refractivity (Wildman–Crippen MR) is 55.7 cm³/mol. The number of rotatable bonds is 4. The fourth-order valence-electron chi connectivity index (χ4n) is 1.41. The van der Waals surface area contributed by atoms with Crippen molar-refractivity contribution >= 4 is 5.97 Å². The summed E-state index contributed by atoms with van der Waals surface area (Å²) in [6, 6.07) is 2.68. The third kappa shape index (κ3) is 2.76. The Balaban J connectivity index is 3.06. The van der Waals surface area contributed by atoms with E-state index in [0.29, 0.717) is 6.42 Å². The number of aryl methyl sites for hydroxylation is 1. The Bertz CT molecular complexity index is 377. The van der Waals surface area contributed by atoms with Gasteiger partial charge in [0.1, 0.15) is 5.82 Å². The van der Waals surface area contributed by atoms with Crippen molar-refractivity contribution in [3.05, 3.63) is 34.6 Å². The summed E-state index contributed by atoms with van der Waals surface area (Å²) < 4.78 is 13.2. The first-order chi connectivity index (χ1) is 7.06. The molecule has 1 aromatic rings. The summed E-state index contributed by atoms with van der Waals surface area (Å²) in [6.07, 6.45) is 0.697. The number of carboxylic acids is 1. The largest absolute Gasteiger partial charge is 0.478 e. The molecule has 2 N–H and O–H groups in total. The normalized spacial score (nSPS) is 10.3. The highest BCUT2D eigenvalue weighted by Crippen LogP contribution is 2.16. The lowest BCUT2D eigenvalue weighted by atomic mass is 10.0. The van der Waals surface area contributed by atoms with E-state index in [2.05, 4.69) is 5.32 Å². The zero-order chi connectivity index (χ0) is 11.4. The van der Waals surface area contributed by atoms with E-state index in [1.54, 1.807) is 6.92 Å². The summed E-state index contributed by atoms with van der Waals surface area (Å²) in [4.78, 5) is 10.7. The number of halogens is 1. The van der Waals surface area contributed by atoms with Gasteiger partial charge in [0.15, 0.2) is 0 Å². The van der Waals surface area contributed by atoms with Crippen molar-refractivity contribution in [2.75, 3.05) is 13.6 Å². The van der Waals surface area contributed by atoms with E-state index in [1.807, 2.05) is 7.05 Å². The summed E-state index contributed by atoms with van der Waals surface area (Å²) in [5.41, 5.74) is 1.39. The number of benzene rings is 1. The molecular weight excluding hydrogens is 197 g/mol. The molecule has 0 heterocycles. The van der Waals surface area contributed by atoms with E-state index < -0.39 is 11.8 Å². The molecule has 0 amide bonds. The van der Waals surface area contributed by atoms with Gasteiger partial charge in [-0.3, -0.25) is 0 Å². The third-order valence-corrected chi connectivity index (χ3v) is 2.30. The van der Waals surface area contributed by atoms with Crippen molar-refractivity contribution in [2.24, 2.45) is 0 Å². The summed E-state index contributed by atoms with van der Waals surface area (Å²) in [6.45, 7) is 2.52. The molecule has 0 spiro atoms. The first-order valence-corrected chi connectivity index (χ1v) is 4.73. The van der Waals surface area contributed by atoms with Gasteiger partial charge in [0.25, 0.3) is 0 Å². The van der Waals surface area contributed by atoms with Gasteiger partial charge in [0.2, 0.25) is 0 Å². The van der Waals surface area contributed by atoms with Crippen LogP contribution < -0.4 is 5.32 Å². The van der Waals surface area contributed by atoms with E-state index in [-0.39, 0.29) is 5.56 Å². The molecule has 0 atom stereocenters. The minimum atomic E-state index is -1.22. The summed E-state index contributed by atoms with van der Waals surface area (Å²) in [5.74, 6) is -1.90. The molecule has 0 bridgehead atoms. The molecule has 15 heavy (non-hydrogen) atoms. The molecule has 0 radical (unpaired) electrons. The Morgan fingerprint density at radius 3 is 2.73 bits per heavy atom. The minimum absolute atomic E-state index is 0.258. The molecule has 0 fully saturated rings. The number of hydrogen-bond acceptors (Lipinski definition) is 2. The molecule has 0 aliphatic carbocycles. The SMILES string of the molecule is CNCCc1cc(C(=O)O)c(F)cc1C. The average Bonchev–Trinajstić information content (AvgIpc) is 2.16. The monoisotopic (exact) mass is 211 g/mol. The lowest BCUT2D eigenvalue weighted by molar-refractivity contribution is 0.0691. The molecule has 0 saturated heterocycles.